The van der Waals surface area contributed by atoms with Crippen LogP contribution in [0.4, 0.5) is 0 Å². The maximum atomic E-state index is 12.4. The first kappa shape index (κ1) is 20.3. The molecule has 0 saturated carbocycles. The molecule has 0 unspecified atom stereocenters. The normalized spacial score (nSPS) is 15.2. The van der Waals surface area contributed by atoms with Gasteiger partial charge in [0.2, 0.25) is 5.91 Å². The van der Waals surface area contributed by atoms with Crippen LogP contribution in [0.15, 0.2) is 42.5 Å². The highest BCUT2D eigenvalue weighted by Crippen LogP contribution is 2.15. The molecule has 5 heteroatoms. The molecular weight excluding hydrogens is 350 g/mol. The van der Waals surface area contributed by atoms with Crippen LogP contribution < -0.4 is 5.32 Å². The first-order chi connectivity index (χ1) is 13.5. The van der Waals surface area contributed by atoms with Crippen LogP contribution in [0.5, 0.6) is 0 Å². The van der Waals surface area contributed by atoms with E-state index in [1.165, 1.54) is 6.42 Å². The van der Waals surface area contributed by atoms with Crippen molar-refractivity contribution in [3.8, 4) is 0 Å². The SMILES string of the molecule is CC(C)CCN1CCN(C(=O)CCNC(=O)c2ccc3ccccc3c2)CC1. The molecular formula is C23H31N3O2. The molecule has 0 aliphatic carbocycles. The van der Waals surface area contributed by atoms with Gasteiger partial charge in [0.1, 0.15) is 0 Å². The van der Waals surface area contributed by atoms with Crippen LogP contribution in [0.25, 0.3) is 10.8 Å². The minimum atomic E-state index is -0.128. The fourth-order valence-corrected chi connectivity index (χ4v) is 3.54. The molecule has 0 bridgehead atoms. The Labute approximate surface area is 167 Å². The van der Waals surface area contributed by atoms with Crippen molar-refractivity contribution in [2.45, 2.75) is 26.7 Å². The summed E-state index contributed by atoms with van der Waals surface area (Å²) in [6.45, 7) is 9.44. The maximum absolute atomic E-state index is 12.4. The van der Waals surface area contributed by atoms with Crippen molar-refractivity contribution in [3.63, 3.8) is 0 Å². The molecule has 2 aromatic carbocycles. The number of piperazine rings is 1. The van der Waals surface area contributed by atoms with Crippen LogP contribution in [0.3, 0.4) is 0 Å². The van der Waals surface area contributed by atoms with Crippen molar-refractivity contribution >= 4 is 22.6 Å². The highest BCUT2D eigenvalue weighted by molar-refractivity contribution is 5.98. The van der Waals surface area contributed by atoms with Gasteiger partial charge in [0.15, 0.2) is 0 Å². The second-order valence-corrected chi connectivity index (χ2v) is 7.97. The van der Waals surface area contributed by atoms with E-state index < -0.39 is 0 Å². The van der Waals surface area contributed by atoms with E-state index in [-0.39, 0.29) is 11.8 Å². The van der Waals surface area contributed by atoms with Crippen LogP contribution in [0.2, 0.25) is 0 Å². The van der Waals surface area contributed by atoms with Crippen molar-refractivity contribution in [2.24, 2.45) is 5.92 Å². The van der Waals surface area contributed by atoms with Crippen molar-refractivity contribution in [1.82, 2.24) is 15.1 Å². The maximum Gasteiger partial charge on any atom is 0.251 e. The summed E-state index contributed by atoms with van der Waals surface area (Å²) in [6.07, 6.45) is 1.56. The first-order valence-electron chi connectivity index (χ1n) is 10.3. The molecule has 150 valence electrons. The summed E-state index contributed by atoms with van der Waals surface area (Å²) < 4.78 is 0. The van der Waals surface area contributed by atoms with Crippen molar-refractivity contribution < 1.29 is 9.59 Å². The Morgan fingerprint density at radius 1 is 1.00 bits per heavy atom. The lowest BCUT2D eigenvalue weighted by Gasteiger charge is -2.35. The second kappa shape index (κ2) is 9.69. The molecule has 0 radical (unpaired) electrons. The van der Waals surface area contributed by atoms with Crippen LogP contribution in [0.1, 0.15) is 37.0 Å². The van der Waals surface area contributed by atoms with E-state index in [2.05, 4.69) is 24.1 Å². The number of amides is 2. The molecule has 2 amide bonds. The molecule has 1 N–H and O–H groups in total. The lowest BCUT2D eigenvalue weighted by molar-refractivity contribution is -0.132. The molecule has 1 fully saturated rings. The predicted octanol–water partition coefficient (Wildman–Crippen LogP) is 3.15. The highest BCUT2D eigenvalue weighted by atomic mass is 16.2. The Kier molecular flexibility index (Phi) is 7.04. The fourth-order valence-electron chi connectivity index (χ4n) is 3.54. The van der Waals surface area contributed by atoms with E-state index in [1.54, 1.807) is 0 Å². The smallest absolute Gasteiger partial charge is 0.251 e. The first-order valence-corrected chi connectivity index (χ1v) is 10.3. The average molecular weight is 382 g/mol. The van der Waals surface area contributed by atoms with Gasteiger partial charge in [-0.25, -0.2) is 0 Å². The summed E-state index contributed by atoms with van der Waals surface area (Å²) in [7, 11) is 0. The molecule has 1 aliphatic heterocycles. The Balaban J connectivity index is 1.40. The number of carbonyl (C=O) groups excluding carboxylic acids is 2. The van der Waals surface area contributed by atoms with Crippen molar-refractivity contribution in [1.29, 1.82) is 0 Å². The average Bonchev–Trinajstić information content (AvgIpc) is 2.72. The van der Waals surface area contributed by atoms with Gasteiger partial charge < -0.3 is 10.2 Å². The Morgan fingerprint density at radius 3 is 2.43 bits per heavy atom. The van der Waals surface area contributed by atoms with Crippen LogP contribution in [-0.2, 0) is 4.79 Å². The van der Waals surface area contributed by atoms with Gasteiger partial charge in [0.05, 0.1) is 0 Å². The van der Waals surface area contributed by atoms with Crippen LogP contribution in [-0.4, -0.2) is 60.9 Å². The van der Waals surface area contributed by atoms with Crippen LogP contribution in [0, 0.1) is 5.92 Å². The van der Waals surface area contributed by atoms with Crippen molar-refractivity contribution in [2.75, 3.05) is 39.3 Å². The molecule has 1 aliphatic rings. The standard InChI is InChI=1S/C23H31N3O2/c1-18(2)10-12-25-13-15-26(16-14-25)22(27)9-11-24-23(28)21-8-7-19-5-3-4-6-20(19)17-21/h3-8,17-18H,9-16H2,1-2H3,(H,24,28). The minimum absolute atomic E-state index is 0.127. The van der Waals surface area contributed by atoms with Gasteiger partial charge in [-0.2, -0.15) is 0 Å². The fraction of sp³-hybridized carbons (Fsp3) is 0.478. The summed E-state index contributed by atoms with van der Waals surface area (Å²) in [5.74, 6) is 0.713. The van der Waals surface area contributed by atoms with Gasteiger partial charge in [0.25, 0.3) is 5.91 Å². The Morgan fingerprint density at radius 2 is 1.71 bits per heavy atom. The Hall–Kier alpha value is -2.40. The molecule has 5 nitrogen and oxygen atoms in total. The lowest BCUT2D eigenvalue weighted by atomic mass is 10.1. The molecule has 0 aromatic heterocycles. The Bertz CT molecular complexity index is 810. The zero-order valence-electron chi connectivity index (χ0n) is 17.0. The van der Waals surface area contributed by atoms with Gasteiger partial charge in [0, 0.05) is 44.7 Å². The summed E-state index contributed by atoms with van der Waals surface area (Å²) >= 11 is 0. The van der Waals surface area contributed by atoms with Gasteiger partial charge in [-0.15, -0.1) is 0 Å². The minimum Gasteiger partial charge on any atom is -0.352 e. The van der Waals surface area contributed by atoms with E-state index in [4.69, 9.17) is 0 Å². The number of rotatable bonds is 7. The monoisotopic (exact) mass is 381 g/mol. The van der Waals surface area contributed by atoms with Gasteiger partial charge >= 0.3 is 0 Å². The quantitative estimate of drug-likeness (QED) is 0.802. The number of hydrogen-bond donors (Lipinski definition) is 1. The molecule has 28 heavy (non-hydrogen) atoms. The van der Waals surface area contributed by atoms with E-state index in [0.717, 1.165) is 43.5 Å². The molecule has 3 rings (SSSR count). The summed E-state index contributed by atoms with van der Waals surface area (Å²) in [6, 6.07) is 13.6. The van der Waals surface area contributed by atoms with E-state index in [0.29, 0.717) is 24.4 Å². The number of benzene rings is 2. The molecule has 1 saturated heterocycles. The molecule has 0 spiro atoms. The van der Waals surface area contributed by atoms with Crippen LogP contribution >= 0.6 is 0 Å². The zero-order chi connectivity index (χ0) is 19.9. The number of nitrogens with zero attached hydrogens (tertiary/aromatic N) is 2. The summed E-state index contributed by atoms with van der Waals surface area (Å²) in [5, 5.41) is 5.03. The van der Waals surface area contributed by atoms with Gasteiger partial charge in [-0.1, -0.05) is 44.2 Å². The number of fused-ring (bicyclic) bond motifs is 1. The summed E-state index contributed by atoms with van der Waals surface area (Å²) in [5.41, 5.74) is 0.630. The van der Waals surface area contributed by atoms with E-state index in [9.17, 15) is 9.59 Å². The third kappa shape index (κ3) is 5.55. The largest absolute Gasteiger partial charge is 0.352 e. The zero-order valence-corrected chi connectivity index (χ0v) is 17.0. The highest BCUT2D eigenvalue weighted by Gasteiger charge is 2.20. The van der Waals surface area contributed by atoms with Gasteiger partial charge in [-0.05, 0) is 41.8 Å². The topological polar surface area (TPSA) is 52.6 Å². The lowest BCUT2D eigenvalue weighted by Crippen LogP contribution is -2.49. The molecule has 0 atom stereocenters. The third-order valence-corrected chi connectivity index (χ3v) is 5.38. The molecule has 1 heterocycles. The third-order valence-electron chi connectivity index (χ3n) is 5.38. The number of hydrogen-bond acceptors (Lipinski definition) is 3. The van der Waals surface area contributed by atoms with E-state index in [1.807, 2.05) is 47.4 Å². The van der Waals surface area contributed by atoms with Crippen molar-refractivity contribution in [3.05, 3.63) is 48.0 Å². The predicted molar refractivity (Wildman–Crippen MR) is 113 cm³/mol. The second-order valence-electron chi connectivity index (χ2n) is 7.97. The van der Waals surface area contributed by atoms with E-state index >= 15 is 0 Å². The summed E-state index contributed by atoms with van der Waals surface area (Å²) in [4.78, 5) is 29.2. The number of nitrogens with one attached hydrogen (secondary N) is 1. The number of carbonyl (C=O) groups is 2. The van der Waals surface area contributed by atoms with Gasteiger partial charge in [-0.3, -0.25) is 14.5 Å². The molecule has 2 aromatic rings.